The first-order valence-electron chi connectivity index (χ1n) is 6.52. The molecule has 0 bridgehead atoms. The predicted octanol–water partition coefficient (Wildman–Crippen LogP) is 0.419. The van der Waals surface area contributed by atoms with Crippen LogP contribution in [0.4, 0.5) is 4.79 Å². The van der Waals surface area contributed by atoms with E-state index in [1.54, 1.807) is 21.1 Å². The third-order valence-electron chi connectivity index (χ3n) is 2.91. The van der Waals surface area contributed by atoms with Crippen LogP contribution in [0.5, 0.6) is 11.5 Å². The number of carbonyl (C=O) groups excluding carboxylic acids is 2. The number of hydrogen-bond donors (Lipinski definition) is 3. The van der Waals surface area contributed by atoms with E-state index in [1.165, 1.54) is 0 Å². The zero-order chi connectivity index (χ0) is 15.8. The van der Waals surface area contributed by atoms with E-state index in [9.17, 15) is 9.59 Å². The molecule has 0 heterocycles. The van der Waals surface area contributed by atoms with Gasteiger partial charge in [-0.05, 0) is 31.0 Å². The molecule has 0 aliphatic heterocycles. The van der Waals surface area contributed by atoms with Gasteiger partial charge in [-0.3, -0.25) is 4.79 Å². The van der Waals surface area contributed by atoms with Crippen LogP contribution >= 0.6 is 0 Å². The molecule has 1 atom stereocenters. The second kappa shape index (κ2) is 7.98. The topological polar surface area (TPSA) is 103 Å². The second-order valence-electron chi connectivity index (χ2n) is 4.46. The molecule has 1 aromatic carbocycles. The number of amides is 3. The maximum atomic E-state index is 11.7. The summed E-state index contributed by atoms with van der Waals surface area (Å²) in [5.41, 5.74) is 5.96. The van der Waals surface area contributed by atoms with Gasteiger partial charge in [0.1, 0.15) is 6.04 Å². The number of benzene rings is 1. The van der Waals surface area contributed by atoms with Crippen molar-refractivity contribution in [1.29, 1.82) is 0 Å². The molecule has 3 amide bonds. The van der Waals surface area contributed by atoms with Gasteiger partial charge in [0, 0.05) is 6.54 Å². The highest BCUT2D eigenvalue weighted by Gasteiger charge is 2.13. The van der Waals surface area contributed by atoms with Crippen molar-refractivity contribution < 1.29 is 19.1 Å². The molecule has 0 saturated carbocycles. The Bertz CT molecular complexity index is 505. The molecule has 0 fully saturated rings. The number of hydrogen-bond acceptors (Lipinski definition) is 4. The van der Waals surface area contributed by atoms with Crippen LogP contribution < -0.4 is 25.8 Å². The molecule has 7 nitrogen and oxygen atoms in total. The first-order valence-corrected chi connectivity index (χ1v) is 6.52. The van der Waals surface area contributed by atoms with Crippen LogP contribution in [0.15, 0.2) is 18.2 Å². The summed E-state index contributed by atoms with van der Waals surface area (Å²) in [4.78, 5) is 22.3. The van der Waals surface area contributed by atoms with E-state index in [-0.39, 0.29) is 5.91 Å². The van der Waals surface area contributed by atoms with Gasteiger partial charge in [-0.25, -0.2) is 4.79 Å². The van der Waals surface area contributed by atoms with Crippen LogP contribution in [0.2, 0.25) is 0 Å². The highest BCUT2D eigenvalue weighted by Crippen LogP contribution is 2.27. The third-order valence-corrected chi connectivity index (χ3v) is 2.91. The lowest BCUT2D eigenvalue weighted by molar-refractivity contribution is -0.122. The smallest absolute Gasteiger partial charge is 0.312 e. The van der Waals surface area contributed by atoms with Gasteiger partial charge >= 0.3 is 6.03 Å². The Kier molecular flexibility index (Phi) is 6.32. The Hall–Kier alpha value is -2.44. The average Bonchev–Trinajstić information content (AvgIpc) is 2.46. The summed E-state index contributed by atoms with van der Waals surface area (Å²) in [7, 11) is 3.14. The molecular formula is C14H21N3O4. The molecule has 4 N–H and O–H groups in total. The lowest BCUT2D eigenvalue weighted by Gasteiger charge is -2.13. The summed E-state index contributed by atoms with van der Waals surface area (Å²) < 4.78 is 10.4. The van der Waals surface area contributed by atoms with Crippen molar-refractivity contribution in [3.63, 3.8) is 0 Å². The first-order chi connectivity index (χ1) is 9.97. The van der Waals surface area contributed by atoms with Crippen LogP contribution in [0, 0.1) is 0 Å². The van der Waals surface area contributed by atoms with Crippen molar-refractivity contribution in [2.45, 2.75) is 19.4 Å². The van der Waals surface area contributed by atoms with E-state index < -0.39 is 12.1 Å². The Morgan fingerprint density at radius 1 is 1.24 bits per heavy atom. The molecule has 1 unspecified atom stereocenters. The van der Waals surface area contributed by atoms with Gasteiger partial charge in [0.2, 0.25) is 5.91 Å². The SMILES string of the molecule is COc1ccc(CCNC(=O)C(C)NC(N)=O)cc1OC. The Labute approximate surface area is 123 Å². The summed E-state index contributed by atoms with van der Waals surface area (Å²) in [6.45, 7) is 2.01. The van der Waals surface area contributed by atoms with Gasteiger partial charge in [0.25, 0.3) is 0 Å². The fraction of sp³-hybridized carbons (Fsp3) is 0.429. The number of urea groups is 1. The van der Waals surface area contributed by atoms with Crippen molar-refractivity contribution >= 4 is 11.9 Å². The molecule has 0 aromatic heterocycles. The molecule has 1 aromatic rings. The predicted molar refractivity (Wildman–Crippen MR) is 78.4 cm³/mol. The van der Waals surface area contributed by atoms with E-state index in [1.807, 2.05) is 18.2 Å². The van der Waals surface area contributed by atoms with Gasteiger partial charge < -0.3 is 25.8 Å². The Balaban J connectivity index is 2.49. The maximum Gasteiger partial charge on any atom is 0.312 e. The van der Waals surface area contributed by atoms with E-state index in [2.05, 4.69) is 10.6 Å². The number of carbonyl (C=O) groups is 2. The normalized spacial score (nSPS) is 11.4. The number of nitrogens with one attached hydrogen (secondary N) is 2. The minimum absolute atomic E-state index is 0.283. The summed E-state index contributed by atoms with van der Waals surface area (Å²) in [6.07, 6.45) is 0.634. The summed E-state index contributed by atoms with van der Waals surface area (Å²) in [5.74, 6) is 1.02. The van der Waals surface area contributed by atoms with E-state index in [0.29, 0.717) is 24.5 Å². The molecule has 0 aliphatic rings. The van der Waals surface area contributed by atoms with Crippen molar-refractivity contribution in [3.8, 4) is 11.5 Å². The lowest BCUT2D eigenvalue weighted by atomic mass is 10.1. The van der Waals surface area contributed by atoms with Crippen molar-refractivity contribution in [2.24, 2.45) is 5.73 Å². The van der Waals surface area contributed by atoms with Crippen LogP contribution in [0.1, 0.15) is 12.5 Å². The van der Waals surface area contributed by atoms with E-state index in [0.717, 1.165) is 5.56 Å². The standard InChI is InChI=1S/C14H21N3O4/c1-9(17-14(15)19)13(18)16-7-6-10-4-5-11(20-2)12(8-10)21-3/h4-5,8-9H,6-7H2,1-3H3,(H,16,18)(H3,15,17,19). The number of nitrogens with two attached hydrogens (primary N) is 1. The number of rotatable bonds is 7. The van der Waals surface area contributed by atoms with Crippen LogP contribution in [0.3, 0.4) is 0 Å². The van der Waals surface area contributed by atoms with Gasteiger partial charge in [-0.2, -0.15) is 0 Å². The van der Waals surface area contributed by atoms with Crippen LogP contribution in [-0.2, 0) is 11.2 Å². The molecule has 0 saturated heterocycles. The molecule has 0 aliphatic carbocycles. The van der Waals surface area contributed by atoms with Crippen LogP contribution in [-0.4, -0.2) is 38.7 Å². The van der Waals surface area contributed by atoms with E-state index in [4.69, 9.17) is 15.2 Å². The highest BCUT2D eigenvalue weighted by molar-refractivity contribution is 5.86. The molecule has 0 spiro atoms. The molecule has 1 rings (SSSR count). The highest BCUT2D eigenvalue weighted by atomic mass is 16.5. The maximum absolute atomic E-state index is 11.7. The molecule has 0 radical (unpaired) electrons. The summed E-state index contributed by atoms with van der Waals surface area (Å²) in [5, 5.41) is 5.04. The largest absolute Gasteiger partial charge is 0.493 e. The number of primary amides is 1. The Morgan fingerprint density at radius 3 is 2.48 bits per heavy atom. The molecule has 21 heavy (non-hydrogen) atoms. The zero-order valence-corrected chi connectivity index (χ0v) is 12.4. The monoisotopic (exact) mass is 295 g/mol. The van der Waals surface area contributed by atoms with Gasteiger partial charge in [-0.1, -0.05) is 6.07 Å². The minimum Gasteiger partial charge on any atom is -0.493 e. The molecular weight excluding hydrogens is 274 g/mol. The van der Waals surface area contributed by atoms with Crippen molar-refractivity contribution in [3.05, 3.63) is 23.8 Å². The molecule has 116 valence electrons. The zero-order valence-electron chi connectivity index (χ0n) is 12.4. The van der Waals surface area contributed by atoms with Gasteiger partial charge in [0.05, 0.1) is 14.2 Å². The molecule has 7 heteroatoms. The number of ether oxygens (including phenoxy) is 2. The second-order valence-corrected chi connectivity index (χ2v) is 4.46. The Morgan fingerprint density at radius 2 is 1.90 bits per heavy atom. The minimum atomic E-state index is -0.724. The van der Waals surface area contributed by atoms with E-state index >= 15 is 0 Å². The van der Waals surface area contributed by atoms with Crippen LogP contribution in [0.25, 0.3) is 0 Å². The van der Waals surface area contributed by atoms with Gasteiger partial charge in [-0.15, -0.1) is 0 Å². The van der Waals surface area contributed by atoms with Gasteiger partial charge in [0.15, 0.2) is 11.5 Å². The first kappa shape index (κ1) is 16.6. The third kappa shape index (κ3) is 5.21. The fourth-order valence-electron chi connectivity index (χ4n) is 1.80. The van der Waals surface area contributed by atoms with Crippen molar-refractivity contribution in [1.82, 2.24) is 10.6 Å². The lowest BCUT2D eigenvalue weighted by Crippen LogP contribution is -2.47. The summed E-state index contributed by atoms with van der Waals surface area (Å²) in [6, 6.07) is 4.19. The number of methoxy groups -OCH3 is 2. The fourth-order valence-corrected chi connectivity index (χ4v) is 1.80. The average molecular weight is 295 g/mol. The quantitative estimate of drug-likeness (QED) is 0.678. The summed E-state index contributed by atoms with van der Waals surface area (Å²) >= 11 is 0. The van der Waals surface area contributed by atoms with Crippen molar-refractivity contribution in [2.75, 3.05) is 20.8 Å².